The van der Waals surface area contributed by atoms with Crippen molar-refractivity contribution in [2.75, 3.05) is 22.1 Å². The number of aryl methyl sites for hydroxylation is 1. The van der Waals surface area contributed by atoms with E-state index in [1.807, 2.05) is 19.1 Å². The molecule has 1 fully saturated rings. The molecule has 1 saturated heterocycles. The molecule has 2 N–H and O–H groups in total. The highest BCUT2D eigenvalue weighted by atomic mass is 19.1. The maximum atomic E-state index is 13.7. The van der Waals surface area contributed by atoms with Crippen molar-refractivity contribution in [1.29, 1.82) is 0 Å². The van der Waals surface area contributed by atoms with Crippen molar-refractivity contribution in [3.63, 3.8) is 0 Å². The molecule has 0 bridgehead atoms. The van der Waals surface area contributed by atoms with Gasteiger partial charge in [0.1, 0.15) is 17.7 Å². The first-order valence-electron chi connectivity index (χ1n) is 8.78. The summed E-state index contributed by atoms with van der Waals surface area (Å²) in [6.45, 7) is 4.24. The van der Waals surface area contributed by atoms with Crippen LogP contribution in [0.15, 0.2) is 36.4 Å². The normalized spacial score (nSPS) is 15.0. The third kappa shape index (κ3) is 4.24. The molecule has 2 aromatic carbocycles. The Morgan fingerprint density at radius 1 is 1.19 bits per heavy atom. The van der Waals surface area contributed by atoms with Crippen LogP contribution in [0.2, 0.25) is 0 Å². The number of carbonyl (C=O) groups is 2. The van der Waals surface area contributed by atoms with Crippen molar-refractivity contribution in [3.05, 3.63) is 53.6 Å². The van der Waals surface area contributed by atoms with Crippen LogP contribution in [0.1, 0.15) is 25.3 Å². The zero-order valence-electron chi connectivity index (χ0n) is 15.2. The Morgan fingerprint density at radius 2 is 1.96 bits per heavy atom. The van der Waals surface area contributed by atoms with Gasteiger partial charge in [-0.05, 0) is 56.2 Å². The largest absolute Gasteiger partial charge is 0.374 e. The van der Waals surface area contributed by atoms with Gasteiger partial charge in [0, 0.05) is 30.4 Å². The van der Waals surface area contributed by atoms with Crippen LogP contribution in [0.5, 0.6) is 0 Å². The van der Waals surface area contributed by atoms with Gasteiger partial charge >= 0.3 is 0 Å². The number of nitrogens with one attached hydrogen (secondary N) is 2. The summed E-state index contributed by atoms with van der Waals surface area (Å²) >= 11 is 0. The van der Waals surface area contributed by atoms with Gasteiger partial charge in [0.15, 0.2) is 0 Å². The molecule has 7 heteroatoms. The first-order valence-corrected chi connectivity index (χ1v) is 8.78. The number of halogens is 2. The van der Waals surface area contributed by atoms with Crippen molar-refractivity contribution < 1.29 is 18.4 Å². The van der Waals surface area contributed by atoms with Crippen molar-refractivity contribution >= 4 is 28.9 Å². The SMILES string of the molecule is Cc1cc(N[C@H](C)C(=O)Nc2cc(F)ccc2F)ccc1N1CCCC1=O. The van der Waals surface area contributed by atoms with E-state index >= 15 is 0 Å². The minimum absolute atomic E-state index is 0.115. The third-order valence-corrected chi connectivity index (χ3v) is 4.52. The lowest BCUT2D eigenvalue weighted by Gasteiger charge is -2.20. The minimum Gasteiger partial charge on any atom is -0.374 e. The second-order valence-corrected chi connectivity index (χ2v) is 6.63. The molecule has 2 aromatic rings. The fourth-order valence-electron chi connectivity index (χ4n) is 3.10. The van der Waals surface area contributed by atoms with Gasteiger partial charge in [-0.1, -0.05) is 0 Å². The van der Waals surface area contributed by atoms with Crippen LogP contribution in [-0.2, 0) is 9.59 Å². The molecule has 3 rings (SSSR count). The summed E-state index contributed by atoms with van der Waals surface area (Å²) in [5, 5.41) is 5.41. The zero-order chi connectivity index (χ0) is 19.6. The van der Waals surface area contributed by atoms with Crippen molar-refractivity contribution in [1.82, 2.24) is 0 Å². The molecule has 1 aliphatic rings. The van der Waals surface area contributed by atoms with Gasteiger partial charge in [-0.3, -0.25) is 9.59 Å². The Kier molecular flexibility index (Phi) is 5.39. The van der Waals surface area contributed by atoms with Crippen molar-refractivity contribution in [2.45, 2.75) is 32.7 Å². The molecule has 142 valence electrons. The summed E-state index contributed by atoms with van der Waals surface area (Å²) in [7, 11) is 0. The molecule has 0 aliphatic carbocycles. The molecule has 1 heterocycles. The van der Waals surface area contributed by atoms with Gasteiger partial charge in [-0.25, -0.2) is 8.78 Å². The first kappa shape index (κ1) is 18.8. The van der Waals surface area contributed by atoms with E-state index in [4.69, 9.17) is 0 Å². The Balaban J connectivity index is 1.67. The number of nitrogens with zero attached hydrogens (tertiary/aromatic N) is 1. The van der Waals surface area contributed by atoms with E-state index in [0.717, 1.165) is 35.9 Å². The predicted molar refractivity (Wildman–Crippen MR) is 101 cm³/mol. The maximum Gasteiger partial charge on any atom is 0.246 e. The maximum absolute atomic E-state index is 13.7. The van der Waals surface area contributed by atoms with Crippen LogP contribution in [0.3, 0.4) is 0 Å². The Bertz CT molecular complexity index is 886. The molecule has 0 aromatic heterocycles. The third-order valence-electron chi connectivity index (χ3n) is 4.52. The van der Waals surface area contributed by atoms with E-state index in [0.29, 0.717) is 18.7 Å². The highest BCUT2D eigenvalue weighted by Gasteiger charge is 2.23. The van der Waals surface area contributed by atoms with Crippen LogP contribution in [0.4, 0.5) is 25.8 Å². The second-order valence-electron chi connectivity index (χ2n) is 6.63. The van der Waals surface area contributed by atoms with E-state index in [2.05, 4.69) is 10.6 Å². The topological polar surface area (TPSA) is 61.4 Å². The monoisotopic (exact) mass is 373 g/mol. The van der Waals surface area contributed by atoms with Gasteiger partial charge in [0.2, 0.25) is 11.8 Å². The molecule has 0 radical (unpaired) electrons. The van der Waals surface area contributed by atoms with Gasteiger partial charge < -0.3 is 15.5 Å². The van der Waals surface area contributed by atoms with Gasteiger partial charge in [0.05, 0.1) is 5.69 Å². The van der Waals surface area contributed by atoms with E-state index in [1.165, 1.54) is 0 Å². The second kappa shape index (κ2) is 7.73. The standard InChI is InChI=1S/C20H21F2N3O2/c1-12-10-15(6-8-18(12)25-9-3-4-19(25)26)23-13(2)20(27)24-17-11-14(21)5-7-16(17)22/h5-8,10-11,13,23H,3-4,9H2,1-2H3,(H,24,27)/t13-/m1/s1. The number of anilines is 3. The van der Waals surface area contributed by atoms with E-state index in [9.17, 15) is 18.4 Å². The van der Waals surface area contributed by atoms with Gasteiger partial charge in [-0.15, -0.1) is 0 Å². The van der Waals surface area contributed by atoms with Gasteiger partial charge in [0.25, 0.3) is 0 Å². The lowest BCUT2D eigenvalue weighted by Crippen LogP contribution is -2.32. The number of carbonyl (C=O) groups excluding carboxylic acids is 2. The van der Waals surface area contributed by atoms with Crippen LogP contribution < -0.4 is 15.5 Å². The molecular formula is C20H21F2N3O2. The molecule has 2 amide bonds. The summed E-state index contributed by atoms with van der Waals surface area (Å²) in [6.07, 6.45) is 1.42. The predicted octanol–water partition coefficient (Wildman–Crippen LogP) is 3.84. The molecular weight excluding hydrogens is 352 g/mol. The molecule has 1 atom stereocenters. The molecule has 0 spiro atoms. The smallest absolute Gasteiger partial charge is 0.246 e. The summed E-state index contributed by atoms with van der Waals surface area (Å²) in [4.78, 5) is 25.9. The number of hydrogen-bond acceptors (Lipinski definition) is 3. The highest BCUT2D eigenvalue weighted by Crippen LogP contribution is 2.27. The Labute approximate surface area is 156 Å². The lowest BCUT2D eigenvalue weighted by atomic mass is 10.1. The fourth-order valence-corrected chi connectivity index (χ4v) is 3.10. The number of amides is 2. The Hall–Kier alpha value is -2.96. The number of hydrogen-bond donors (Lipinski definition) is 2. The average Bonchev–Trinajstić information content (AvgIpc) is 3.04. The highest BCUT2D eigenvalue weighted by molar-refractivity contribution is 5.97. The van der Waals surface area contributed by atoms with Crippen LogP contribution >= 0.6 is 0 Å². The Morgan fingerprint density at radius 3 is 2.63 bits per heavy atom. The first-order chi connectivity index (χ1) is 12.8. The molecule has 27 heavy (non-hydrogen) atoms. The summed E-state index contributed by atoms with van der Waals surface area (Å²) in [5.41, 5.74) is 2.28. The molecule has 5 nitrogen and oxygen atoms in total. The summed E-state index contributed by atoms with van der Waals surface area (Å²) in [5.74, 6) is -1.71. The minimum atomic E-state index is -0.701. The zero-order valence-corrected chi connectivity index (χ0v) is 15.2. The van der Waals surface area contributed by atoms with Crippen LogP contribution in [0, 0.1) is 18.6 Å². The molecule has 0 unspecified atom stereocenters. The average molecular weight is 373 g/mol. The molecule has 0 saturated carbocycles. The van der Waals surface area contributed by atoms with Crippen molar-refractivity contribution in [2.24, 2.45) is 0 Å². The van der Waals surface area contributed by atoms with Crippen LogP contribution in [-0.4, -0.2) is 24.4 Å². The van der Waals surface area contributed by atoms with E-state index in [-0.39, 0.29) is 11.6 Å². The molecule has 1 aliphatic heterocycles. The van der Waals surface area contributed by atoms with E-state index < -0.39 is 23.6 Å². The quantitative estimate of drug-likeness (QED) is 0.837. The number of rotatable bonds is 5. The van der Waals surface area contributed by atoms with E-state index in [1.54, 1.807) is 17.9 Å². The fraction of sp³-hybridized carbons (Fsp3) is 0.300. The van der Waals surface area contributed by atoms with Gasteiger partial charge in [-0.2, -0.15) is 0 Å². The number of benzene rings is 2. The summed E-state index contributed by atoms with van der Waals surface area (Å²) < 4.78 is 26.9. The van der Waals surface area contributed by atoms with Crippen molar-refractivity contribution in [3.8, 4) is 0 Å². The van der Waals surface area contributed by atoms with Crippen LogP contribution in [0.25, 0.3) is 0 Å². The lowest BCUT2D eigenvalue weighted by molar-refractivity contribution is -0.117. The summed E-state index contributed by atoms with van der Waals surface area (Å²) in [6, 6.07) is 7.70.